The first-order valence-corrected chi connectivity index (χ1v) is 11.7. The van der Waals surface area contributed by atoms with Crippen LogP contribution >= 0.6 is 11.8 Å². The van der Waals surface area contributed by atoms with Crippen molar-refractivity contribution in [1.29, 1.82) is 0 Å². The Hall–Kier alpha value is -2.73. The van der Waals surface area contributed by atoms with E-state index in [1.54, 1.807) is 23.9 Å². The molecule has 4 rings (SSSR count). The number of nitrogens with zero attached hydrogens (tertiary/aromatic N) is 1. The third-order valence-electron chi connectivity index (χ3n) is 5.86. The van der Waals surface area contributed by atoms with Crippen molar-refractivity contribution in [3.05, 3.63) is 65.1 Å². The molecule has 1 heterocycles. The van der Waals surface area contributed by atoms with E-state index >= 15 is 0 Å². The Kier molecular flexibility index (Phi) is 6.66. The lowest BCUT2D eigenvalue weighted by molar-refractivity contribution is -0.132. The molecular weight excluding hydrogens is 408 g/mol. The second kappa shape index (κ2) is 9.60. The molecule has 3 atom stereocenters. The van der Waals surface area contributed by atoms with Gasteiger partial charge in [-0.15, -0.1) is 0 Å². The lowest BCUT2D eigenvalue weighted by atomic mass is 9.85. The zero-order valence-electron chi connectivity index (χ0n) is 17.9. The molecule has 1 saturated carbocycles. The Bertz CT molecular complexity index is 958. The van der Waals surface area contributed by atoms with E-state index < -0.39 is 0 Å². The fourth-order valence-corrected chi connectivity index (χ4v) is 5.53. The van der Waals surface area contributed by atoms with Crippen LogP contribution in [0.3, 0.4) is 0 Å². The van der Waals surface area contributed by atoms with Crippen LogP contribution in [0.25, 0.3) is 6.08 Å². The summed E-state index contributed by atoms with van der Waals surface area (Å²) in [7, 11) is 0. The zero-order chi connectivity index (χ0) is 21.8. The summed E-state index contributed by atoms with van der Waals surface area (Å²) in [4.78, 5) is 27.4. The van der Waals surface area contributed by atoms with Gasteiger partial charge in [0.1, 0.15) is 5.75 Å². The number of hydrogen-bond acceptors (Lipinski definition) is 5. The van der Waals surface area contributed by atoms with Crippen LogP contribution in [-0.2, 0) is 9.59 Å². The van der Waals surface area contributed by atoms with Crippen molar-refractivity contribution in [1.82, 2.24) is 4.90 Å². The first kappa shape index (κ1) is 21.5. The topological polar surface area (TPSA) is 58.6 Å². The summed E-state index contributed by atoms with van der Waals surface area (Å²) < 4.78 is 5.10. The molecule has 2 aromatic rings. The van der Waals surface area contributed by atoms with Gasteiger partial charge in [0.25, 0.3) is 5.91 Å². The molecule has 1 aliphatic carbocycles. The molecule has 1 amide bonds. The molecule has 5 nitrogen and oxygen atoms in total. The zero-order valence-corrected chi connectivity index (χ0v) is 18.7. The molecule has 0 radical (unpaired) electrons. The van der Waals surface area contributed by atoms with Gasteiger partial charge in [0, 0.05) is 18.7 Å². The summed E-state index contributed by atoms with van der Waals surface area (Å²) >= 11 is 1.57. The number of carbonyl (C=O) groups is 2. The largest absolute Gasteiger partial charge is 0.427 e. The van der Waals surface area contributed by atoms with E-state index in [0.717, 1.165) is 35.4 Å². The van der Waals surface area contributed by atoms with Crippen LogP contribution in [0.4, 0.5) is 5.69 Å². The predicted molar refractivity (Wildman–Crippen MR) is 125 cm³/mol. The molecular formula is C25H28N2O3S. The van der Waals surface area contributed by atoms with Gasteiger partial charge in [0.2, 0.25) is 0 Å². The summed E-state index contributed by atoms with van der Waals surface area (Å²) in [5, 5.41) is 3.56. The summed E-state index contributed by atoms with van der Waals surface area (Å²) in [6, 6.07) is 17.5. The first-order valence-electron chi connectivity index (χ1n) is 10.8. The average molecular weight is 437 g/mol. The van der Waals surface area contributed by atoms with E-state index in [9.17, 15) is 9.59 Å². The van der Waals surface area contributed by atoms with Crippen molar-refractivity contribution in [3.63, 3.8) is 0 Å². The third kappa shape index (κ3) is 5.13. The van der Waals surface area contributed by atoms with Gasteiger partial charge in [-0.25, -0.2) is 0 Å². The van der Waals surface area contributed by atoms with Crippen molar-refractivity contribution in [2.24, 2.45) is 5.92 Å². The van der Waals surface area contributed by atoms with E-state index in [0.29, 0.717) is 11.7 Å². The highest BCUT2D eigenvalue weighted by Gasteiger charge is 2.42. The third-order valence-corrected chi connectivity index (χ3v) is 6.98. The van der Waals surface area contributed by atoms with Gasteiger partial charge in [-0.2, -0.15) is 0 Å². The van der Waals surface area contributed by atoms with E-state index in [2.05, 4.69) is 17.1 Å². The molecule has 0 aromatic heterocycles. The minimum atomic E-state index is -0.347. The maximum atomic E-state index is 13.5. The van der Waals surface area contributed by atoms with E-state index in [4.69, 9.17) is 4.74 Å². The minimum absolute atomic E-state index is 0.0845. The number of esters is 1. The number of thioether (sulfide) groups is 1. The molecule has 31 heavy (non-hydrogen) atoms. The Morgan fingerprint density at radius 2 is 1.81 bits per heavy atom. The number of anilines is 1. The summed E-state index contributed by atoms with van der Waals surface area (Å²) in [6.07, 6.45) is 6.54. The number of nitrogens with one attached hydrogen (secondary N) is 1. The first-order chi connectivity index (χ1) is 15.0. The fourth-order valence-electron chi connectivity index (χ4n) is 4.32. The number of benzene rings is 2. The van der Waals surface area contributed by atoms with Crippen molar-refractivity contribution >= 4 is 35.4 Å². The van der Waals surface area contributed by atoms with Gasteiger partial charge in [-0.3, -0.25) is 9.59 Å². The fraction of sp³-hybridized carbons (Fsp3) is 0.360. The van der Waals surface area contributed by atoms with Crippen LogP contribution in [0.5, 0.6) is 5.75 Å². The van der Waals surface area contributed by atoms with Crippen LogP contribution in [0.2, 0.25) is 0 Å². The molecule has 1 N–H and O–H groups in total. The SMILES string of the molecule is CC(=O)Oc1ccc(/C=C2\SC(Nc3ccccc3)N([C@@H]3CCCC[C@@H]3C)C2=O)cc1. The summed E-state index contributed by atoms with van der Waals surface area (Å²) in [5.74, 6) is 0.725. The molecule has 2 fully saturated rings. The number of rotatable bonds is 5. The highest BCUT2D eigenvalue weighted by atomic mass is 32.2. The highest BCUT2D eigenvalue weighted by Crippen LogP contribution is 2.42. The average Bonchev–Trinajstić information content (AvgIpc) is 3.05. The lowest BCUT2D eigenvalue weighted by Gasteiger charge is -2.39. The number of carbonyl (C=O) groups excluding carboxylic acids is 2. The summed E-state index contributed by atoms with van der Waals surface area (Å²) in [5.41, 5.74) is 1.78. The Morgan fingerprint density at radius 1 is 1.10 bits per heavy atom. The minimum Gasteiger partial charge on any atom is -0.427 e. The van der Waals surface area contributed by atoms with Gasteiger partial charge in [0.05, 0.1) is 4.91 Å². The number of hydrogen-bond donors (Lipinski definition) is 1. The van der Waals surface area contributed by atoms with Crippen molar-refractivity contribution < 1.29 is 14.3 Å². The highest BCUT2D eigenvalue weighted by molar-refractivity contribution is 8.05. The van der Waals surface area contributed by atoms with E-state index in [1.165, 1.54) is 13.3 Å². The van der Waals surface area contributed by atoms with Crippen molar-refractivity contribution in [2.45, 2.75) is 51.1 Å². The monoisotopic (exact) mass is 436 g/mol. The van der Waals surface area contributed by atoms with Crippen LogP contribution in [0.1, 0.15) is 45.1 Å². The standard InChI is InChI=1S/C25H28N2O3S/c1-17-8-6-7-11-22(17)27-24(29)23(31-25(27)26-20-9-4-3-5-10-20)16-19-12-14-21(15-13-19)30-18(2)28/h3-5,9-10,12-17,22,25-26H,6-8,11H2,1-2H3/b23-16-/t17-,22+,25?/m0/s1. The van der Waals surface area contributed by atoms with E-state index in [-0.39, 0.29) is 23.4 Å². The van der Waals surface area contributed by atoms with Crippen LogP contribution < -0.4 is 10.1 Å². The molecule has 162 valence electrons. The Labute approximate surface area is 187 Å². The Balaban J connectivity index is 1.59. The smallest absolute Gasteiger partial charge is 0.308 e. The molecule has 1 unspecified atom stereocenters. The number of para-hydroxylation sites is 1. The van der Waals surface area contributed by atoms with Gasteiger partial charge < -0.3 is 15.0 Å². The second-order valence-corrected chi connectivity index (χ2v) is 9.32. The van der Waals surface area contributed by atoms with Gasteiger partial charge in [0.15, 0.2) is 5.50 Å². The maximum absolute atomic E-state index is 13.5. The summed E-state index contributed by atoms with van der Waals surface area (Å²) in [6.45, 7) is 3.64. The normalized spacial score (nSPS) is 25.0. The predicted octanol–water partition coefficient (Wildman–Crippen LogP) is 5.50. The van der Waals surface area contributed by atoms with Crippen LogP contribution in [0, 0.1) is 5.92 Å². The maximum Gasteiger partial charge on any atom is 0.308 e. The number of amides is 1. The van der Waals surface area contributed by atoms with Gasteiger partial charge in [-0.05, 0) is 54.7 Å². The molecule has 2 aromatic carbocycles. The van der Waals surface area contributed by atoms with Crippen molar-refractivity contribution in [2.75, 3.05) is 5.32 Å². The molecule has 0 bridgehead atoms. The van der Waals surface area contributed by atoms with Gasteiger partial charge in [-0.1, -0.05) is 61.9 Å². The van der Waals surface area contributed by atoms with Gasteiger partial charge >= 0.3 is 5.97 Å². The second-order valence-electron chi connectivity index (χ2n) is 8.19. The quantitative estimate of drug-likeness (QED) is 0.381. The molecule has 1 saturated heterocycles. The molecule has 6 heteroatoms. The lowest BCUT2D eigenvalue weighted by Crippen LogP contribution is -2.48. The van der Waals surface area contributed by atoms with E-state index in [1.807, 2.05) is 48.5 Å². The molecule has 2 aliphatic rings. The van der Waals surface area contributed by atoms with Crippen molar-refractivity contribution in [3.8, 4) is 5.75 Å². The van der Waals surface area contributed by atoms with Crippen LogP contribution in [-0.4, -0.2) is 28.3 Å². The molecule has 1 aliphatic heterocycles. The number of ether oxygens (including phenoxy) is 1. The molecule has 0 spiro atoms. The van der Waals surface area contributed by atoms with Crippen LogP contribution in [0.15, 0.2) is 59.5 Å². The Morgan fingerprint density at radius 3 is 2.48 bits per heavy atom.